The maximum Gasteiger partial charge on any atom is 0.319 e. The second-order valence-corrected chi connectivity index (χ2v) is 5.91. The van der Waals surface area contributed by atoms with E-state index in [0.717, 1.165) is 5.56 Å². The molecule has 0 atom stereocenters. The van der Waals surface area contributed by atoms with Gasteiger partial charge in [-0.3, -0.25) is 4.79 Å². The molecule has 0 spiro atoms. The molecule has 3 N–H and O–H groups in total. The first kappa shape index (κ1) is 14.6. The standard InChI is InChI=1S/C14H15BrN2O3/c1-9(15)8-16-13(20)17-11-4-2-10(3-5-11)14(6-7-14)12(18)19/h2-5H,1,6-8H2,(H,18,19)(H2,16,17,20). The van der Waals surface area contributed by atoms with Gasteiger partial charge >= 0.3 is 12.0 Å². The minimum Gasteiger partial charge on any atom is -0.481 e. The third-order valence-corrected chi connectivity index (χ3v) is 3.58. The van der Waals surface area contributed by atoms with E-state index in [9.17, 15) is 14.7 Å². The zero-order chi connectivity index (χ0) is 14.8. The highest BCUT2D eigenvalue weighted by Gasteiger charge is 2.51. The molecular weight excluding hydrogens is 324 g/mol. The van der Waals surface area contributed by atoms with Crippen LogP contribution in [0.5, 0.6) is 0 Å². The van der Waals surface area contributed by atoms with Gasteiger partial charge in [-0.1, -0.05) is 34.6 Å². The van der Waals surface area contributed by atoms with E-state index in [4.69, 9.17) is 0 Å². The number of rotatable bonds is 5. The molecule has 1 aromatic carbocycles. The average molecular weight is 339 g/mol. The molecule has 1 aliphatic rings. The number of hydrogen-bond acceptors (Lipinski definition) is 2. The quantitative estimate of drug-likeness (QED) is 0.772. The van der Waals surface area contributed by atoms with Gasteiger partial charge in [-0.25, -0.2) is 4.79 Å². The van der Waals surface area contributed by atoms with Crippen molar-refractivity contribution in [3.05, 3.63) is 40.9 Å². The molecule has 1 fully saturated rings. The third kappa shape index (κ3) is 3.19. The van der Waals surface area contributed by atoms with E-state index in [1.165, 1.54) is 0 Å². The molecule has 0 radical (unpaired) electrons. The molecule has 0 saturated heterocycles. The molecule has 0 unspecified atom stereocenters. The van der Waals surface area contributed by atoms with Crippen LogP contribution in [0.25, 0.3) is 0 Å². The summed E-state index contributed by atoms with van der Waals surface area (Å²) in [6.45, 7) is 3.95. The van der Waals surface area contributed by atoms with Crippen LogP contribution in [0.15, 0.2) is 35.3 Å². The summed E-state index contributed by atoms with van der Waals surface area (Å²) in [5.41, 5.74) is 0.687. The van der Waals surface area contributed by atoms with E-state index in [-0.39, 0.29) is 6.03 Å². The first-order valence-corrected chi connectivity index (χ1v) is 6.95. The number of urea groups is 1. The van der Waals surface area contributed by atoms with Crippen LogP contribution in [0.1, 0.15) is 18.4 Å². The van der Waals surface area contributed by atoms with E-state index >= 15 is 0 Å². The summed E-state index contributed by atoms with van der Waals surface area (Å²) in [4.78, 5) is 22.7. The molecule has 6 heteroatoms. The molecule has 1 saturated carbocycles. The Morgan fingerprint density at radius 2 is 1.90 bits per heavy atom. The normalized spacial score (nSPS) is 15.2. The summed E-state index contributed by atoms with van der Waals surface area (Å²) >= 11 is 3.15. The van der Waals surface area contributed by atoms with Crippen LogP contribution in [-0.4, -0.2) is 23.7 Å². The van der Waals surface area contributed by atoms with E-state index in [2.05, 4.69) is 33.1 Å². The molecule has 0 aliphatic heterocycles. The molecule has 5 nitrogen and oxygen atoms in total. The zero-order valence-electron chi connectivity index (χ0n) is 10.8. The number of nitrogens with one attached hydrogen (secondary N) is 2. The molecule has 1 aliphatic carbocycles. The Morgan fingerprint density at radius 1 is 1.30 bits per heavy atom. The van der Waals surface area contributed by atoms with Crippen molar-refractivity contribution < 1.29 is 14.7 Å². The largest absolute Gasteiger partial charge is 0.481 e. The van der Waals surface area contributed by atoms with Crippen molar-refractivity contribution in [1.29, 1.82) is 0 Å². The highest BCUT2D eigenvalue weighted by molar-refractivity contribution is 9.11. The van der Waals surface area contributed by atoms with E-state index in [1.54, 1.807) is 24.3 Å². The number of amides is 2. The monoisotopic (exact) mass is 338 g/mol. The number of carboxylic acids is 1. The van der Waals surface area contributed by atoms with Crippen molar-refractivity contribution in [1.82, 2.24) is 5.32 Å². The molecule has 0 aromatic heterocycles. The Balaban J connectivity index is 1.97. The van der Waals surface area contributed by atoms with Crippen LogP contribution in [0.3, 0.4) is 0 Å². The van der Waals surface area contributed by atoms with E-state index in [1.807, 2.05) is 0 Å². The van der Waals surface area contributed by atoms with Crippen molar-refractivity contribution >= 4 is 33.6 Å². The average Bonchev–Trinajstić information content (AvgIpc) is 3.19. The van der Waals surface area contributed by atoms with Gasteiger partial charge in [0.05, 0.1) is 12.0 Å². The predicted octanol–water partition coefficient (Wildman–Crippen LogP) is 2.83. The number of hydrogen-bond donors (Lipinski definition) is 3. The molecule has 2 amide bonds. The third-order valence-electron chi connectivity index (χ3n) is 3.30. The van der Waals surface area contributed by atoms with Crippen LogP contribution < -0.4 is 10.6 Å². The van der Waals surface area contributed by atoms with Crippen LogP contribution >= 0.6 is 15.9 Å². The first-order valence-electron chi connectivity index (χ1n) is 6.16. The lowest BCUT2D eigenvalue weighted by atomic mass is 9.96. The van der Waals surface area contributed by atoms with E-state index < -0.39 is 11.4 Å². The Kier molecular flexibility index (Phi) is 4.13. The summed E-state index contributed by atoms with van der Waals surface area (Å²) in [6.07, 6.45) is 1.34. The smallest absolute Gasteiger partial charge is 0.319 e. The fraction of sp³-hybridized carbons (Fsp3) is 0.286. The predicted molar refractivity (Wildman–Crippen MR) is 80.1 cm³/mol. The van der Waals surface area contributed by atoms with Crippen LogP contribution in [0, 0.1) is 0 Å². The van der Waals surface area contributed by atoms with Gasteiger partial charge in [0.1, 0.15) is 0 Å². The van der Waals surface area contributed by atoms with Crippen molar-refractivity contribution in [3.63, 3.8) is 0 Å². The minimum atomic E-state index is -0.785. The van der Waals surface area contributed by atoms with Gasteiger partial charge in [-0.2, -0.15) is 0 Å². The molecule has 0 bridgehead atoms. The Labute approximate surface area is 125 Å². The number of carbonyl (C=O) groups is 2. The lowest BCUT2D eigenvalue weighted by molar-refractivity contribution is -0.140. The summed E-state index contributed by atoms with van der Waals surface area (Å²) in [7, 11) is 0. The maximum atomic E-state index is 11.5. The Hall–Kier alpha value is -1.82. The van der Waals surface area contributed by atoms with Crippen molar-refractivity contribution in [2.24, 2.45) is 0 Å². The Bertz CT molecular complexity index is 550. The second-order valence-electron chi connectivity index (χ2n) is 4.79. The van der Waals surface area contributed by atoms with Crippen LogP contribution in [0.2, 0.25) is 0 Å². The second kappa shape index (κ2) is 5.66. The van der Waals surface area contributed by atoms with Gasteiger partial charge < -0.3 is 15.7 Å². The summed E-state index contributed by atoms with van der Waals surface area (Å²) in [5.74, 6) is -0.785. The molecule has 2 rings (SSSR count). The van der Waals surface area contributed by atoms with E-state index in [0.29, 0.717) is 29.6 Å². The Morgan fingerprint density at radius 3 is 2.35 bits per heavy atom. The number of anilines is 1. The SMILES string of the molecule is C=C(Br)CNC(=O)Nc1ccc(C2(C(=O)O)CC2)cc1. The van der Waals surface area contributed by atoms with Gasteiger partial charge in [-0.05, 0) is 30.5 Å². The minimum absolute atomic E-state index is 0.335. The topological polar surface area (TPSA) is 78.4 Å². The highest BCUT2D eigenvalue weighted by Crippen LogP contribution is 2.48. The number of halogens is 1. The molecule has 0 heterocycles. The maximum absolute atomic E-state index is 11.5. The van der Waals surface area contributed by atoms with Gasteiger partial charge in [0.15, 0.2) is 0 Å². The lowest BCUT2D eigenvalue weighted by Gasteiger charge is -2.11. The first-order chi connectivity index (χ1) is 9.44. The van der Waals surface area contributed by atoms with Gasteiger partial charge in [0.2, 0.25) is 0 Å². The fourth-order valence-corrected chi connectivity index (χ4v) is 2.12. The van der Waals surface area contributed by atoms with Crippen LogP contribution in [-0.2, 0) is 10.2 Å². The van der Waals surface area contributed by atoms with Gasteiger partial charge in [0.25, 0.3) is 0 Å². The fourth-order valence-electron chi connectivity index (χ4n) is 1.98. The number of carbonyl (C=O) groups excluding carboxylic acids is 1. The molecule has 1 aromatic rings. The van der Waals surface area contributed by atoms with Gasteiger partial charge in [0, 0.05) is 10.2 Å². The van der Waals surface area contributed by atoms with Crippen molar-refractivity contribution in [2.45, 2.75) is 18.3 Å². The summed E-state index contributed by atoms with van der Waals surface area (Å²) in [5, 5.41) is 14.5. The number of benzene rings is 1. The van der Waals surface area contributed by atoms with Crippen LogP contribution in [0.4, 0.5) is 10.5 Å². The lowest BCUT2D eigenvalue weighted by Crippen LogP contribution is -2.29. The summed E-state index contributed by atoms with van der Waals surface area (Å²) < 4.78 is 0.681. The molecule has 20 heavy (non-hydrogen) atoms. The van der Waals surface area contributed by atoms with Crippen molar-refractivity contribution in [2.75, 3.05) is 11.9 Å². The zero-order valence-corrected chi connectivity index (χ0v) is 12.4. The molecule has 106 valence electrons. The molecular formula is C14H15BrN2O3. The van der Waals surface area contributed by atoms with Gasteiger partial charge in [-0.15, -0.1) is 0 Å². The number of carboxylic acid groups (broad SMARTS) is 1. The number of aliphatic carboxylic acids is 1. The summed E-state index contributed by atoms with van der Waals surface area (Å²) in [6, 6.07) is 6.58. The highest BCUT2D eigenvalue weighted by atomic mass is 79.9. The van der Waals surface area contributed by atoms with Crippen molar-refractivity contribution in [3.8, 4) is 0 Å².